The zero-order valence-corrected chi connectivity index (χ0v) is 17.8. The summed E-state index contributed by atoms with van der Waals surface area (Å²) in [7, 11) is 0. The molecule has 0 unspecified atom stereocenters. The molecule has 1 atom stereocenters. The zero-order chi connectivity index (χ0) is 21.3. The van der Waals surface area contributed by atoms with E-state index in [0.29, 0.717) is 18.5 Å². The number of carbonyl (C=O) groups excluding carboxylic acids is 1. The molecule has 3 heterocycles. The Bertz CT molecular complexity index is 1120. The van der Waals surface area contributed by atoms with Crippen LogP contribution in [-0.4, -0.2) is 39.5 Å². The molecule has 1 aliphatic heterocycles. The number of rotatable bonds is 6. The van der Waals surface area contributed by atoms with Gasteiger partial charge in [0.2, 0.25) is 5.91 Å². The third-order valence-corrected chi connectivity index (χ3v) is 5.91. The summed E-state index contributed by atoms with van der Waals surface area (Å²) in [6, 6.07) is 8.39. The number of nitrogens with one attached hydrogen (secondary N) is 1. The van der Waals surface area contributed by atoms with Crippen molar-refractivity contribution in [2.45, 2.75) is 52.8 Å². The number of hydrogen-bond acceptors (Lipinski definition) is 4. The first-order valence-corrected chi connectivity index (χ1v) is 10.4. The second kappa shape index (κ2) is 8.44. The summed E-state index contributed by atoms with van der Waals surface area (Å²) < 4.78 is 8.91. The van der Waals surface area contributed by atoms with E-state index in [-0.39, 0.29) is 24.1 Å². The monoisotopic (exact) mass is 408 g/mol. The lowest BCUT2D eigenvalue weighted by Gasteiger charge is -2.11. The number of fused-ring (bicyclic) bond motifs is 1. The number of aromatic nitrogens is 3. The van der Waals surface area contributed by atoms with Crippen LogP contribution in [0.15, 0.2) is 35.3 Å². The highest BCUT2D eigenvalue weighted by Gasteiger charge is 2.19. The number of amides is 1. The van der Waals surface area contributed by atoms with E-state index in [4.69, 9.17) is 4.74 Å². The van der Waals surface area contributed by atoms with Crippen molar-refractivity contribution in [1.29, 1.82) is 0 Å². The number of carbonyl (C=O) groups is 1. The van der Waals surface area contributed by atoms with Crippen LogP contribution in [0.1, 0.15) is 35.4 Å². The van der Waals surface area contributed by atoms with Gasteiger partial charge >= 0.3 is 0 Å². The van der Waals surface area contributed by atoms with Gasteiger partial charge in [0.15, 0.2) is 0 Å². The molecule has 3 aromatic rings. The summed E-state index contributed by atoms with van der Waals surface area (Å²) >= 11 is 0. The van der Waals surface area contributed by atoms with Gasteiger partial charge < -0.3 is 14.6 Å². The average Bonchev–Trinajstić information content (AvgIpc) is 3.33. The maximum absolute atomic E-state index is 13.1. The van der Waals surface area contributed by atoms with Gasteiger partial charge in [-0.3, -0.25) is 9.59 Å². The number of benzene rings is 1. The molecule has 1 aliphatic rings. The van der Waals surface area contributed by atoms with Crippen molar-refractivity contribution in [2.75, 3.05) is 13.2 Å². The topological polar surface area (TPSA) is 78.2 Å². The van der Waals surface area contributed by atoms with Crippen LogP contribution in [0, 0.1) is 20.8 Å². The van der Waals surface area contributed by atoms with Gasteiger partial charge in [-0.15, -0.1) is 0 Å². The van der Waals surface area contributed by atoms with Crippen molar-refractivity contribution < 1.29 is 9.53 Å². The minimum Gasteiger partial charge on any atom is -0.376 e. The largest absolute Gasteiger partial charge is 0.376 e. The first-order valence-electron chi connectivity index (χ1n) is 10.4. The third-order valence-electron chi connectivity index (χ3n) is 5.91. The van der Waals surface area contributed by atoms with E-state index >= 15 is 0 Å². The van der Waals surface area contributed by atoms with Crippen LogP contribution < -0.4 is 10.9 Å². The summed E-state index contributed by atoms with van der Waals surface area (Å²) in [5.41, 5.74) is 4.05. The molecule has 0 aliphatic carbocycles. The smallest absolute Gasteiger partial charge is 0.276 e. The van der Waals surface area contributed by atoms with Crippen molar-refractivity contribution >= 4 is 16.7 Å². The Kier molecular flexibility index (Phi) is 5.72. The van der Waals surface area contributed by atoms with Crippen molar-refractivity contribution in [2.24, 2.45) is 0 Å². The molecule has 0 saturated carbocycles. The van der Waals surface area contributed by atoms with Crippen molar-refractivity contribution in [3.05, 3.63) is 63.3 Å². The Morgan fingerprint density at radius 2 is 1.97 bits per heavy atom. The molecule has 30 heavy (non-hydrogen) atoms. The van der Waals surface area contributed by atoms with Gasteiger partial charge in [-0.25, -0.2) is 4.68 Å². The molecule has 0 radical (unpaired) electrons. The predicted molar refractivity (Wildman–Crippen MR) is 116 cm³/mol. The van der Waals surface area contributed by atoms with Crippen LogP contribution in [0.25, 0.3) is 10.8 Å². The zero-order valence-electron chi connectivity index (χ0n) is 17.8. The van der Waals surface area contributed by atoms with E-state index in [2.05, 4.69) is 46.2 Å². The van der Waals surface area contributed by atoms with Gasteiger partial charge in [-0.1, -0.05) is 29.8 Å². The van der Waals surface area contributed by atoms with E-state index in [1.165, 1.54) is 15.8 Å². The molecular weight excluding hydrogens is 380 g/mol. The van der Waals surface area contributed by atoms with Crippen LogP contribution in [0.5, 0.6) is 0 Å². The van der Waals surface area contributed by atoms with E-state index in [1.807, 2.05) is 13.8 Å². The maximum Gasteiger partial charge on any atom is 0.276 e. The fraction of sp³-hybridized carbons (Fsp3) is 0.435. The Balaban J connectivity index is 1.57. The van der Waals surface area contributed by atoms with Crippen molar-refractivity contribution in [1.82, 2.24) is 19.7 Å². The van der Waals surface area contributed by atoms with Crippen LogP contribution >= 0.6 is 0 Å². The lowest BCUT2D eigenvalue weighted by atomic mass is 10.1. The maximum atomic E-state index is 13.1. The van der Waals surface area contributed by atoms with E-state index in [1.54, 1.807) is 6.20 Å². The van der Waals surface area contributed by atoms with Gasteiger partial charge in [0.25, 0.3) is 5.56 Å². The van der Waals surface area contributed by atoms with Crippen LogP contribution in [-0.2, 0) is 22.6 Å². The first kappa shape index (κ1) is 20.3. The molecule has 1 amide bonds. The van der Waals surface area contributed by atoms with Gasteiger partial charge in [0.05, 0.1) is 17.7 Å². The molecule has 1 fully saturated rings. The molecule has 1 N–H and O–H groups in total. The standard InChI is InChI=1S/C23H28N4O3/c1-15-6-8-18(9-7-15)13-26-16(2)20-12-25-27(23(29)22(20)17(26)3)14-21(28)24-11-19-5-4-10-30-19/h6-9,12,19H,4-5,10-11,13-14H2,1-3H3,(H,24,28)/t19-/m0/s1. The molecule has 2 aromatic heterocycles. The van der Waals surface area contributed by atoms with E-state index < -0.39 is 0 Å². The molecule has 7 nitrogen and oxygen atoms in total. The van der Waals surface area contributed by atoms with Gasteiger partial charge in [0.1, 0.15) is 6.54 Å². The molecule has 1 aromatic carbocycles. The summed E-state index contributed by atoms with van der Waals surface area (Å²) in [6.45, 7) is 7.83. The molecule has 1 saturated heterocycles. The van der Waals surface area contributed by atoms with Gasteiger partial charge in [-0.05, 0) is 39.2 Å². The van der Waals surface area contributed by atoms with Crippen molar-refractivity contribution in [3.63, 3.8) is 0 Å². The van der Waals surface area contributed by atoms with E-state index in [9.17, 15) is 9.59 Å². The Hall–Kier alpha value is -2.93. The highest BCUT2D eigenvalue weighted by Crippen LogP contribution is 2.23. The molecule has 4 rings (SSSR count). The summed E-state index contributed by atoms with van der Waals surface area (Å²) in [5, 5.41) is 8.57. The van der Waals surface area contributed by atoms with Crippen LogP contribution in [0.3, 0.4) is 0 Å². The molecular formula is C23H28N4O3. The quantitative estimate of drug-likeness (QED) is 0.680. The summed E-state index contributed by atoms with van der Waals surface area (Å²) in [5.74, 6) is -0.229. The third kappa shape index (κ3) is 4.03. The van der Waals surface area contributed by atoms with E-state index in [0.717, 1.165) is 36.2 Å². The Labute approximate surface area is 175 Å². The fourth-order valence-corrected chi connectivity index (χ4v) is 4.10. The van der Waals surface area contributed by atoms with Crippen LogP contribution in [0.2, 0.25) is 0 Å². The lowest BCUT2D eigenvalue weighted by molar-refractivity contribution is -0.122. The van der Waals surface area contributed by atoms with Gasteiger partial charge in [0, 0.05) is 36.5 Å². The van der Waals surface area contributed by atoms with Crippen molar-refractivity contribution in [3.8, 4) is 0 Å². The Morgan fingerprint density at radius 3 is 2.67 bits per heavy atom. The molecule has 0 spiro atoms. The SMILES string of the molecule is Cc1ccc(Cn2c(C)c3cnn(CC(=O)NC[C@@H]4CCCO4)c(=O)c3c2C)cc1. The molecule has 7 heteroatoms. The minimum atomic E-state index is -0.233. The Morgan fingerprint density at radius 1 is 1.20 bits per heavy atom. The lowest BCUT2D eigenvalue weighted by Crippen LogP contribution is -2.37. The highest BCUT2D eigenvalue weighted by molar-refractivity contribution is 5.87. The molecule has 0 bridgehead atoms. The number of aryl methyl sites for hydroxylation is 3. The highest BCUT2D eigenvalue weighted by atomic mass is 16.5. The summed E-state index contributed by atoms with van der Waals surface area (Å²) in [4.78, 5) is 25.4. The first-order chi connectivity index (χ1) is 14.4. The van der Waals surface area contributed by atoms with Crippen LogP contribution in [0.4, 0.5) is 0 Å². The number of ether oxygens (including phenoxy) is 1. The number of hydrogen-bond donors (Lipinski definition) is 1. The van der Waals surface area contributed by atoms with Gasteiger partial charge in [-0.2, -0.15) is 5.10 Å². The second-order valence-electron chi connectivity index (χ2n) is 8.08. The minimum absolute atomic E-state index is 0.0711. The average molecular weight is 409 g/mol. The predicted octanol–water partition coefficient (Wildman–Crippen LogP) is 2.47. The second-order valence-corrected chi connectivity index (χ2v) is 8.08. The fourth-order valence-electron chi connectivity index (χ4n) is 4.10. The molecule has 158 valence electrons. The summed E-state index contributed by atoms with van der Waals surface area (Å²) in [6.07, 6.45) is 3.74. The normalized spacial score (nSPS) is 16.3. The number of nitrogens with zero attached hydrogens (tertiary/aromatic N) is 3.